The fourth-order valence-corrected chi connectivity index (χ4v) is 2.26. The molecule has 126 valence electrons. The van der Waals surface area contributed by atoms with Gasteiger partial charge >= 0.3 is 5.97 Å². The first-order chi connectivity index (χ1) is 11.5. The van der Waals surface area contributed by atoms with Crippen LogP contribution in [0.15, 0.2) is 42.5 Å². The second-order valence-corrected chi connectivity index (χ2v) is 5.64. The average Bonchev–Trinajstić information content (AvgIpc) is 2.55. The molecule has 24 heavy (non-hydrogen) atoms. The summed E-state index contributed by atoms with van der Waals surface area (Å²) >= 11 is 0. The molecule has 0 unspecified atom stereocenters. The summed E-state index contributed by atoms with van der Waals surface area (Å²) in [7, 11) is 0. The van der Waals surface area contributed by atoms with Crippen LogP contribution in [-0.2, 0) is 16.1 Å². The first-order valence-corrected chi connectivity index (χ1v) is 7.77. The monoisotopic (exact) mass is 327 g/mol. The number of aryl methyl sites for hydroxylation is 2. The molecule has 0 aliphatic rings. The lowest BCUT2D eigenvalue weighted by molar-refractivity contribution is -0.138. The van der Waals surface area contributed by atoms with E-state index in [9.17, 15) is 9.59 Å². The number of para-hydroxylation sites is 1. The number of carboxylic acids is 1. The van der Waals surface area contributed by atoms with Crippen molar-refractivity contribution in [3.05, 3.63) is 59.2 Å². The summed E-state index contributed by atoms with van der Waals surface area (Å²) < 4.78 is 5.93. The van der Waals surface area contributed by atoms with Crippen molar-refractivity contribution < 1.29 is 19.4 Å². The van der Waals surface area contributed by atoms with Crippen LogP contribution in [0.1, 0.15) is 29.5 Å². The Hall–Kier alpha value is -2.82. The first-order valence-electron chi connectivity index (χ1n) is 7.77. The molecule has 0 heterocycles. The lowest BCUT2D eigenvalue weighted by Gasteiger charge is -2.12. The van der Waals surface area contributed by atoms with Crippen LogP contribution in [-0.4, -0.2) is 17.0 Å². The van der Waals surface area contributed by atoms with Crippen LogP contribution < -0.4 is 10.1 Å². The maximum absolute atomic E-state index is 11.5. The van der Waals surface area contributed by atoms with Gasteiger partial charge in [0.05, 0.1) is 6.42 Å². The van der Waals surface area contributed by atoms with Gasteiger partial charge in [0.25, 0.3) is 0 Å². The van der Waals surface area contributed by atoms with Gasteiger partial charge in [-0.3, -0.25) is 9.59 Å². The van der Waals surface area contributed by atoms with Crippen LogP contribution in [0, 0.1) is 13.8 Å². The summed E-state index contributed by atoms with van der Waals surface area (Å²) in [5, 5.41) is 11.2. The predicted molar refractivity (Wildman–Crippen MR) is 91.1 cm³/mol. The maximum atomic E-state index is 11.5. The highest BCUT2D eigenvalue weighted by Crippen LogP contribution is 2.28. The van der Waals surface area contributed by atoms with Gasteiger partial charge in [-0.25, -0.2) is 0 Å². The number of nitrogens with one attached hydrogen (secondary N) is 1. The molecule has 0 fully saturated rings. The summed E-state index contributed by atoms with van der Waals surface area (Å²) in [4.78, 5) is 21.9. The van der Waals surface area contributed by atoms with Gasteiger partial charge in [-0.05, 0) is 42.7 Å². The fourth-order valence-electron chi connectivity index (χ4n) is 2.26. The predicted octanol–water partition coefficient (Wildman–Crippen LogP) is 3.58. The number of amides is 1. The number of rotatable bonds is 7. The van der Waals surface area contributed by atoms with E-state index < -0.39 is 5.97 Å². The molecule has 0 aliphatic heterocycles. The van der Waals surface area contributed by atoms with E-state index in [1.165, 1.54) is 0 Å². The van der Waals surface area contributed by atoms with Crippen molar-refractivity contribution in [1.29, 1.82) is 0 Å². The van der Waals surface area contributed by atoms with E-state index in [1.54, 1.807) is 0 Å². The number of ether oxygens (including phenoxy) is 1. The van der Waals surface area contributed by atoms with Crippen molar-refractivity contribution in [2.24, 2.45) is 0 Å². The summed E-state index contributed by atoms with van der Waals surface area (Å²) in [6.07, 6.45) is -0.169. The minimum atomic E-state index is -0.974. The number of hydrogen-bond acceptors (Lipinski definition) is 3. The van der Waals surface area contributed by atoms with Crippen molar-refractivity contribution >= 4 is 11.9 Å². The molecule has 0 radical (unpaired) electrons. The molecule has 0 saturated heterocycles. The summed E-state index contributed by atoms with van der Waals surface area (Å²) in [5.41, 5.74) is 3.07. The SMILES string of the molecule is Cc1cccc(C)c1Oc1ccc(CNC(=O)CCC(=O)O)cc1. The fraction of sp³-hybridized carbons (Fsp3) is 0.263. The number of carbonyl (C=O) groups is 2. The Morgan fingerprint density at radius 1 is 1.00 bits per heavy atom. The van der Waals surface area contributed by atoms with E-state index in [4.69, 9.17) is 9.84 Å². The van der Waals surface area contributed by atoms with Gasteiger partial charge in [0, 0.05) is 13.0 Å². The zero-order valence-corrected chi connectivity index (χ0v) is 13.8. The molecule has 0 spiro atoms. The molecule has 0 saturated carbocycles. The van der Waals surface area contributed by atoms with Crippen LogP contribution >= 0.6 is 0 Å². The minimum Gasteiger partial charge on any atom is -0.481 e. The van der Waals surface area contributed by atoms with Gasteiger partial charge in [0.15, 0.2) is 0 Å². The number of hydrogen-bond donors (Lipinski definition) is 2. The van der Waals surface area contributed by atoms with Gasteiger partial charge in [0.2, 0.25) is 5.91 Å². The Labute approximate surface area is 141 Å². The molecule has 5 heteroatoms. The van der Waals surface area contributed by atoms with E-state index in [0.29, 0.717) is 6.54 Å². The lowest BCUT2D eigenvalue weighted by Crippen LogP contribution is -2.23. The number of carboxylic acid groups (broad SMARTS) is 1. The number of aliphatic carboxylic acids is 1. The first kappa shape index (κ1) is 17.5. The summed E-state index contributed by atoms with van der Waals surface area (Å²) in [6, 6.07) is 13.5. The van der Waals surface area contributed by atoms with Gasteiger partial charge in [-0.15, -0.1) is 0 Å². The molecule has 2 N–H and O–H groups in total. The van der Waals surface area contributed by atoms with E-state index in [2.05, 4.69) is 5.32 Å². The molecule has 1 amide bonds. The molecule has 5 nitrogen and oxygen atoms in total. The zero-order valence-electron chi connectivity index (χ0n) is 13.8. The highest BCUT2D eigenvalue weighted by molar-refractivity contribution is 5.80. The molecule has 0 atom stereocenters. The molecule has 0 bridgehead atoms. The second kappa shape index (κ2) is 8.15. The Morgan fingerprint density at radius 2 is 1.62 bits per heavy atom. The molecule has 2 rings (SSSR count). The zero-order chi connectivity index (χ0) is 17.5. The van der Waals surface area contributed by atoms with E-state index in [-0.39, 0.29) is 18.7 Å². The van der Waals surface area contributed by atoms with Crippen LogP contribution in [0.3, 0.4) is 0 Å². The van der Waals surface area contributed by atoms with Gasteiger partial charge < -0.3 is 15.2 Å². The van der Waals surface area contributed by atoms with Crippen molar-refractivity contribution in [2.45, 2.75) is 33.2 Å². The molecule has 2 aromatic carbocycles. The van der Waals surface area contributed by atoms with Crippen molar-refractivity contribution in [1.82, 2.24) is 5.32 Å². The standard InChI is InChI=1S/C19H21NO4/c1-13-4-3-5-14(2)19(13)24-16-8-6-15(7-9-16)12-20-17(21)10-11-18(22)23/h3-9H,10-12H2,1-2H3,(H,20,21)(H,22,23). The highest BCUT2D eigenvalue weighted by atomic mass is 16.5. The summed E-state index contributed by atoms with van der Waals surface area (Å²) in [5.74, 6) is 0.340. The Morgan fingerprint density at radius 3 is 2.21 bits per heavy atom. The molecular weight excluding hydrogens is 306 g/mol. The third-order valence-electron chi connectivity index (χ3n) is 3.61. The molecular formula is C19H21NO4. The van der Waals surface area contributed by atoms with Gasteiger partial charge in [-0.2, -0.15) is 0 Å². The topological polar surface area (TPSA) is 75.6 Å². The Kier molecular flexibility index (Phi) is 5.95. The van der Waals surface area contributed by atoms with Crippen molar-refractivity contribution in [3.8, 4) is 11.5 Å². The normalized spacial score (nSPS) is 10.2. The Bertz CT molecular complexity index is 702. The third kappa shape index (κ3) is 5.12. The van der Waals surface area contributed by atoms with E-state index in [1.807, 2.05) is 56.3 Å². The minimum absolute atomic E-state index is 0.0108. The molecule has 0 aliphatic carbocycles. The van der Waals surface area contributed by atoms with E-state index >= 15 is 0 Å². The van der Waals surface area contributed by atoms with Gasteiger partial charge in [-0.1, -0.05) is 30.3 Å². The van der Waals surface area contributed by atoms with Crippen molar-refractivity contribution in [2.75, 3.05) is 0 Å². The largest absolute Gasteiger partial charge is 0.481 e. The highest BCUT2D eigenvalue weighted by Gasteiger charge is 2.07. The van der Waals surface area contributed by atoms with Crippen LogP contribution in [0.4, 0.5) is 0 Å². The van der Waals surface area contributed by atoms with Crippen LogP contribution in [0.5, 0.6) is 11.5 Å². The van der Waals surface area contributed by atoms with Crippen LogP contribution in [0.25, 0.3) is 0 Å². The maximum Gasteiger partial charge on any atom is 0.303 e. The Balaban J connectivity index is 1.91. The lowest BCUT2D eigenvalue weighted by atomic mass is 10.1. The third-order valence-corrected chi connectivity index (χ3v) is 3.61. The second-order valence-electron chi connectivity index (χ2n) is 5.64. The number of benzene rings is 2. The summed E-state index contributed by atoms with van der Waals surface area (Å²) in [6.45, 7) is 4.37. The van der Waals surface area contributed by atoms with Crippen molar-refractivity contribution in [3.63, 3.8) is 0 Å². The quantitative estimate of drug-likeness (QED) is 0.815. The average molecular weight is 327 g/mol. The smallest absolute Gasteiger partial charge is 0.303 e. The van der Waals surface area contributed by atoms with Crippen LogP contribution in [0.2, 0.25) is 0 Å². The van der Waals surface area contributed by atoms with Gasteiger partial charge in [0.1, 0.15) is 11.5 Å². The molecule has 0 aromatic heterocycles. The molecule has 2 aromatic rings. The number of carbonyl (C=O) groups excluding carboxylic acids is 1. The van der Waals surface area contributed by atoms with E-state index in [0.717, 1.165) is 28.2 Å².